The number of halogens is 2. The van der Waals surface area contributed by atoms with Crippen LogP contribution in [0.2, 0.25) is 10.0 Å². The Morgan fingerprint density at radius 1 is 0.700 bits per heavy atom. The molecule has 102 valence electrons. The van der Waals surface area contributed by atoms with Crippen LogP contribution in [0.1, 0.15) is 0 Å². The van der Waals surface area contributed by atoms with Crippen molar-refractivity contribution in [2.24, 2.45) is 0 Å². The van der Waals surface area contributed by atoms with E-state index in [1.54, 1.807) is 12.1 Å². The van der Waals surface area contributed by atoms with Crippen LogP contribution in [-0.2, 0) is 0 Å². The molecule has 2 aromatic carbocycles. The van der Waals surface area contributed by atoms with Gasteiger partial charge in [-0.05, 0) is 24.3 Å². The molecule has 0 saturated heterocycles. The quantitative estimate of drug-likeness (QED) is 0.698. The fraction of sp³-hybridized carbons (Fsp3) is 0.143. The molecule has 0 saturated carbocycles. The van der Waals surface area contributed by atoms with Crippen molar-refractivity contribution in [1.82, 2.24) is 9.97 Å². The first kappa shape index (κ1) is 13.2. The monoisotopic (exact) mass is 306 g/mol. The summed E-state index contributed by atoms with van der Waals surface area (Å²) in [6.45, 7) is 0. The lowest BCUT2D eigenvalue weighted by molar-refractivity contribution is 1.38. The highest BCUT2D eigenvalue weighted by Gasteiger charge is 2.08. The molecule has 0 aliphatic rings. The molecule has 0 radical (unpaired) electrons. The first-order valence-corrected chi connectivity index (χ1v) is 6.84. The third kappa shape index (κ3) is 2.11. The van der Waals surface area contributed by atoms with Crippen LogP contribution in [0.15, 0.2) is 24.3 Å². The summed E-state index contributed by atoms with van der Waals surface area (Å²) in [5, 5.41) is 7.22. The molecule has 0 unspecified atom stereocenters. The van der Waals surface area contributed by atoms with Gasteiger partial charge in [-0.3, -0.25) is 0 Å². The van der Waals surface area contributed by atoms with Gasteiger partial charge >= 0.3 is 0 Å². The SMILES string of the molecule is CNc1cc2nc3cc(Cl)c(Cl)cc3nc2cc1NC. The van der Waals surface area contributed by atoms with Gasteiger partial charge in [-0.15, -0.1) is 0 Å². The predicted molar refractivity (Wildman–Crippen MR) is 86.2 cm³/mol. The number of benzene rings is 2. The molecule has 3 rings (SSSR count). The van der Waals surface area contributed by atoms with E-state index in [9.17, 15) is 0 Å². The first-order valence-electron chi connectivity index (χ1n) is 6.08. The highest BCUT2D eigenvalue weighted by molar-refractivity contribution is 6.42. The Balaban J connectivity index is 2.35. The molecule has 0 amide bonds. The molecule has 4 nitrogen and oxygen atoms in total. The minimum absolute atomic E-state index is 0.480. The molecule has 0 aliphatic carbocycles. The fourth-order valence-electron chi connectivity index (χ4n) is 2.13. The van der Waals surface area contributed by atoms with Gasteiger partial charge in [0.2, 0.25) is 0 Å². The molecule has 0 bridgehead atoms. The standard InChI is InChI=1S/C14H12Cl2N4/c1-17-9-5-13-14(6-10(9)18-2)20-12-4-8(16)7(15)3-11(12)19-13/h3-6,17-18H,1-2H3. The van der Waals surface area contributed by atoms with Crippen molar-refractivity contribution in [3.63, 3.8) is 0 Å². The number of nitrogens with zero attached hydrogens (tertiary/aromatic N) is 2. The van der Waals surface area contributed by atoms with Crippen molar-refractivity contribution in [2.75, 3.05) is 24.7 Å². The second-order valence-electron chi connectivity index (χ2n) is 4.37. The summed E-state index contributed by atoms with van der Waals surface area (Å²) in [6.07, 6.45) is 0. The minimum atomic E-state index is 0.480. The van der Waals surface area contributed by atoms with Crippen LogP contribution in [0.25, 0.3) is 22.1 Å². The molecule has 6 heteroatoms. The van der Waals surface area contributed by atoms with E-state index in [2.05, 4.69) is 20.6 Å². The van der Waals surface area contributed by atoms with E-state index >= 15 is 0 Å². The van der Waals surface area contributed by atoms with Crippen LogP contribution in [0.5, 0.6) is 0 Å². The normalized spacial score (nSPS) is 11.0. The molecule has 0 aliphatic heterocycles. The van der Waals surface area contributed by atoms with Crippen LogP contribution in [0, 0.1) is 0 Å². The van der Waals surface area contributed by atoms with E-state index in [-0.39, 0.29) is 0 Å². The van der Waals surface area contributed by atoms with Crippen LogP contribution >= 0.6 is 23.2 Å². The zero-order valence-corrected chi connectivity index (χ0v) is 12.5. The molecule has 20 heavy (non-hydrogen) atoms. The van der Waals surface area contributed by atoms with Crippen molar-refractivity contribution < 1.29 is 0 Å². The topological polar surface area (TPSA) is 49.8 Å². The highest BCUT2D eigenvalue weighted by Crippen LogP contribution is 2.30. The molecule has 0 atom stereocenters. The summed E-state index contributed by atoms with van der Waals surface area (Å²) >= 11 is 12.0. The highest BCUT2D eigenvalue weighted by atomic mass is 35.5. The molecule has 3 aromatic rings. The predicted octanol–water partition coefficient (Wildman–Crippen LogP) is 4.17. The van der Waals surface area contributed by atoms with Gasteiger partial charge in [0.1, 0.15) is 0 Å². The van der Waals surface area contributed by atoms with Crippen LogP contribution < -0.4 is 10.6 Å². The average molecular weight is 307 g/mol. The van der Waals surface area contributed by atoms with Crippen LogP contribution in [-0.4, -0.2) is 24.1 Å². The summed E-state index contributed by atoms with van der Waals surface area (Å²) in [5.41, 5.74) is 5.00. The molecule has 2 N–H and O–H groups in total. The average Bonchev–Trinajstić information content (AvgIpc) is 2.45. The molecular weight excluding hydrogens is 295 g/mol. The Morgan fingerprint density at radius 3 is 1.40 bits per heavy atom. The lowest BCUT2D eigenvalue weighted by atomic mass is 10.2. The minimum Gasteiger partial charge on any atom is -0.386 e. The Morgan fingerprint density at radius 2 is 1.05 bits per heavy atom. The van der Waals surface area contributed by atoms with Crippen molar-refractivity contribution in [2.45, 2.75) is 0 Å². The Labute approximate surface area is 126 Å². The summed E-state index contributed by atoms with van der Waals surface area (Å²) in [5.74, 6) is 0. The summed E-state index contributed by atoms with van der Waals surface area (Å²) in [7, 11) is 3.74. The van der Waals surface area contributed by atoms with Gasteiger partial charge in [-0.2, -0.15) is 0 Å². The van der Waals surface area contributed by atoms with E-state index in [0.29, 0.717) is 10.0 Å². The largest absolute Gasteiger partial charge is 0.386 e. The Hall–Kier alpha value is -1.78. The first-order chi connectivity index (χ1) is 9.62. The lowest BCUT2D eigenvalue weighted by Gasteiger charge is -2.10. The molecule has 1 aromatic heterocycles. The number of rotatable bonds is 2. The van der Waals surface area contributed by atoms with E-state index in [1.807, 2.05) is 26.2 Å². The molecule has 0 fully saturated rings. The van der Waals surface area contributed by atoms with Gasteiger partial charge in [0, 0.05) is 14.1 Å². The third-order valence-corrected chi connectivity index (χ3v) is 3.87. The van der Waals surface area contributed by atoms with Gasteiger partial charge in [-0.25, -0.2) is 9.97 Å². The zero-order chi connectivity index (χ0) is 14.3. The zero-order valence-electron chi connectivity index (χ0n) is 11.0. The second-order valence-corrected chi connectivity index (χ2v) is 5.18. The van der Waals surface area contributed by atoms with E-state index in [0.717, 1.165) is 33.4 Å². The number of fused-ring (bicyclic) bond motifs is 2. The number of hydrogen-bond donors (Lipinski definition) is 2. The lowest BCUT2D eigenvalue weighted by Crippen LogP contribution is -1.98. The van der Waals surface area contributed by atoms with Gasteiger partial charge in [0.05, 0.1) is 43.5 Å². The maximum absolute atomic E-state index is 6.02. The van der Waals surface area contributed by atoms with Gasteiger partial charge in [0.15, 0.2) is 0 Å². The summed E-state index contributed by atoms with van der Waals surface area (Å²) in [6, 6.07) is 7.37. The molecule has 0 spiro atoms. The molecular formula is C14H12Cl2N4. The van der Waals surface area contributed by atoms with Crippen molar-refractivity contribution in [3.8, 4) is 0 Å². The summed E-state index contributed by atoms with van der Waals surface area (Å²) < 4.78 is 0. The molecule has 1 heterocycles. The fourth-order valence-corrected chi connectivity index (χ4v) is 2.45. The Kier molecular flexibility index (Phi) is 3.28. The van der Waals surface area contributed by atoms with Crippen molar-refractivity contribution in [3.05, 3.63) is 34.3 Å². The van der Waals surface area contributed by atoms with Crippen molar-refractivity contribution >= 4 is 56.6 Å². The van der Waals surface area contributed by atoms with Crippen molar-refractivity contribution in [1.29, 1.82) is 0 Å². The maximum Gasteiger partial charge on any atom is 0.0916 e. The number of aromatic nitrogens is 2. The summed E-state index contributed by atoms with van der Waals surface area (Å²) in [4.78, 5) is 9.18. The third-order valence-electron chi connectivity index (χ3n) is 3.15. The maximum atomic E-state index is 6.02. The van der Waals surface area contributed by atoms with E-state index < -0.39 is 0 Å². The van der Waals surface area contributed by atoms with Gasteiger partial charge < -0.3 is 10.6 Å². The van der Waals surface area contributed by atoms with Crippen LogP contribution in [0.3, 0.4) is 0 Å². The van der Waals surface area contributed by atoms with E-state index in [1.165, 1.54) is 0 Å². The number of hydrogen-bond acceptors (Lipinski definition) is 4. The Bertz CT molecular complexity index is 749. The van der Waals surface area contributed by atoms with Crippen LogP contribution in [0.4, 0.5) is 11.4 Å². The smallest absolute Gasteiger partial charge is 0.0916 e. The van der Waals surface area contributed by atoms with E-state index in [4.69, 9.17) is 23.2 Å². The van der Waals surface area contributed by atoms with Gasteiger partial charge in [-0.1, -0.05) is 23.2 Å². The number of nitrogens with one attached hydrogen (secondary N) is 2. The number of anilines is 2. The van der Waals surface area contributed by atoms with Gasteiger partial charge in [0.25, 0.3) is 0 Å². The second kappa shape index (κ2) is 4.96.